The van der Waals surface area contributed by atoms with Crippen molar-refractivity contribution in [2.45, 2.75) is 26.3 Å². The number of hydrogen-bond donors (Lipinski definition) is 1. The lowest BCUT2D eigenvalue weighted by molar-refractivity contribution is -0.144. The Kier molecular flexibility index (Phi) is 5.49. The number of ether oxygens (including phenoxy) is 1. The van der Waals surface area contributed by atoms with Gasteiger partial charge < -0.3 is 14.6 Å². The van der Waals surface area contributed by atoms with E-state index in [1.807, 2.05) is 13.8 Å². The van der Waals surface area contributed by atoms with Crippen LogP contribution in [-0.4, -0.2) is 29.6 Å². The van der Waals surface area contributed by atoms with Crippen LogP contribution in [-0.2, 0) is 16.6 Å². The van der Waals surface area contributed by atoms with Gasteiger partial charge in [-0.2, -0.15) is 0 Å². The quantitative estimate of drug-likeness (QED) is 0.806. The van der Waals surface area contributed by atoms with E-state index in [1.54, 1.807) is 7.05 Å². The van der Waals surface area contributed by atoms with Crippen molar-refractivity contribution in [1.29, 1.82) is 0 Å². The molecule has 0 spiro atoms. The summed E-state index contributed by atoms with van der Waals surface area (Å²) < 4.78 is 6.06. The van der Waals surface area contributed by atoms with Gasteiger partial charge >= 0.3 is 5.97 Å². The summed E-state index contributed by atoms with van der Waals surface area (Å²) in [7, 11) is 2.88. The van der Waals surface area contributed by atoms with E-state index in [9.17, 15) is 14.4 Å². The van der Waals surface area contributed by atoms with E-state index in [-0.39, 0.29) is 17.0 Å². The lowest BCUT2D eigenvalue weighted by Crippen LogP contribution is -2.45. The van der Waals surface area contributed by atoms with E-state index in [0.717, 1.165) is 6.42 Å². The third-order valence-corrected chi connectivity index (χ3v) is 3.32. The first kappa shape index (κ1) is 15.9. The third-order valence-electron chi connectivity index (χ3n) is 3.32. The molecule has 0 aliphatic carbocycles. The smallest absolute Gasteiger partial charge is 0.328 e. The number of nitrogens with one attached hydrogen (secondary N) is 1. The van der Waals surface area contributed by atoms with Crippen molar-refractivity contribution in [3.63, 3.8) is 0 Å². The molecule has 6 heteroatoms. The highest BCUT2D eigenvalue weighted by Gasteiger charge is 2.27. The summed E-state index contributed by atoms with van der Waals surface area (Å²) in [5.74, 6) is -1.01. The molecule has 1 aromatic rings. The summed E-state index contributed by atoms with van der Waals surface area (Å²) in [5, 5.41) is 2.62. The first-order chi connectivity index (χ1) is 9.40. The molecule has 0 aromatic carbocycles. The van der Waals surface area contributed by atoms with Gasteiger partial charge in [0, 0.05) is 24.9 Å². The fourth-order valence-electron chi connectivity index (χ4n) is 1.71. The molecule has 0 bridgehead atoms. The summed E-state index contributed by atoms with van der Waals surface area (Å²) in [6.07, 6.45) is 2.23. The normalized spacial score (nSPS) is 13.4. The van der Waals surface area contributed by atoms with Crippen molar-refractivity contribution >= 4 is 11.9 Å². The summed E-state index contributed by atoms with van der Waals surface area (Å²) in [5.41, 5.74) is -0.0545. The number of nitrogens with zero attached hydrogens (tertiary/aromatic N) is 1. The molecule has 2 unspecified atom stereocenters. The van der Waals surface area contributed by atoms with Crippen LogP contribution in [0, 0.1) is 5.92 Å². The second kappa shape index (κ2) is 6.88. The van der Waals surface area contributed by atoms with Crippen molar-refractivity contribution < 1.29 is 14.3 Å². The van der Waals surface area contributed by atoms with Gasteiger partial charge in [-0.25, -0.2) is 4.79 Å². The Hall–Kier alpha value is -2.11. The fourth-order valence-corrected chi connectivity index (χ4v) is 1.71. The molecule has 0 aliphatic heterocycles. The zero-order valence-electron chi connectivity index (χ0n) is 12.2. The number of aromatic nitrogens is 1. The summed E-state index contributed by atoms with van der Waals surface area (Å²) >= 11 is 0. The maximum atomic E-state index is 12.1. The van der Waals surface area contributed by atoms with Crippen LogP contribution in [0.5, 0.6) is 0 Å². The van der Waals surface area contributed by atoms with Gasteiger partial charge in [0.2, 0.25) is 0 Å². The Bertz CT molecular complexity index is 550. The Morgan fingerprint density at radius 3 is 2.60 bits per heavy atom. The molecule has 0 fully saturated rings. The van der Waals surface area contributed by atoms with Crippen molar-refractivity contribution in [1.82, 2.24) is 9.88 Å². The van der Waals surface area contributed by atoms with Gasteiger partial charge in [0.15, 0.2) is 0 Å². The van der Waals surface area contributed by atoms with E-state index in [1.165, 1.54) is 30.0 Å². The summed E-state index contributed by atoms with van der Waals surface area (Å²) in [6, 6.07) is 2.05. The number of carbonyl (C=O) groups is 2. The topological polar surface area (TPSA) is 77.4 Å². The predicted molar refractivity (Wildman–Crippen MR) is 74.4 cm³/mol. The Labute approximate surface area is 117 Å². The van der Waals surface area contributed by atoms with Crippen LogP contribution < -0.4 is 10.9 Å². The van der Waals surface area contributed by atoms with Crippen LogP contribution in [0.2, 0.25) is 0 Å². The zero-order valence-corrected chi connectivity index (χ0v) is 12.2. The number of amides is 1. The van der Waals surface area contributed by atoms with E-state index in [0.29, 0.717) is 0 Å². The van der Waals surface area contributed by atoms with Gasteiger partial charge in [0.05, 0.1) is 7.11 Å². The third kappa shape index (κ3) is 3.69. The Morgan fingerprint density at radius 1 is 1.45 bits per heavy atom. The summed E-state index contributed by atoms with van der Waals surface area (Å²) in [6.45, 7) is 3.77. The second-order valence-corrected chi connectivity index (χ2v) is 4.72. The van der Waals surface area contributed by atoms with Crippen LogP contribution in [0.1, 0.15) is 30.6 Å². The molecule has 2 atom stereocenters. The van der Waals surface area contributed by atoms with E-state index in [2.05, 4.69) is 5.32 Å². The van der Waals surface area contributed by atoms with Crippen LogP contribution in [0.3, 0.4) is 0 Å². The first-order valence-electron chi connectivity index (χ1n) is 6.46. The van der Waals surface area contributed by atoms with Crippen LogP contribution >= 0.6 is 0 Å². The minimum atomic E-state index is -0.721. The first-order valence-corrected chi connectivity index (χ1v) is 6.46. The SMILES string of the molecule is CCC(C)C(NC(=O)c1ccn(C)c(=O)c1)C(=O)OC. The molecule has 1 aromatic heterocycles. The van der Waals surface area contributed by atoms with Crippen LogP contribution in [0.25, 0.3) is 0 Å². The minimum absolute atomic E-state index is 0.0575. The van der Waals surface area contributed by atoms with Gasteiger partial charge in [0.25, 0.3) is 11.5 Å². The fraction of sp³-hybridized carbons (Fsp3) is 0.500. The molecule has 1 amide bonds. The highest BCUT2D eigenvalue weighted by Crippen LogP contribution is 2.10. The largest absolute Gasteiger partial charge is 0.467 e. The van der Waals surface area contributed by atoms with Crippen molar-refractivity contribution in [2.24, 2.45) is 13.0 Å². The number of aryl methyl sites for hydroxylation is 1. The van der Waals surface area contributed by atoms with Crippen molar-refractivity contribution in [3.8, 4) is 0 Å². The van der Waals surface area contributed by atoms with Gasteiger partial charge in [-0.3, -0.25) is 9.59 Å². The Balaban J connectivity index is 2.93. The van der Waals surface area contributed by atoms with E-state index in [4.69, 9.17) is 4.74 Å². The average Bonchev–Trinajstić information content (AvgIpc) is 2.45. The standard InChI is InChI=1S/C14H20N2O4/c1-5-9(2)12(14(19)20-4)15-13(18)10-6-7-16(3)11(17)8-10/h6-9,12H,5H2,1-4H3,(H,15,18). The number of carbonyl (C=O) groups excluding carboxylic acids is 2. The molecule has 110 valence electrons. The van der Waals surface area contributed by atoms with Crippen LogP contribution in [0.15, 0.2) is 23.1 Å². The summed E-state index contributed by atoms with van der Waals surface area (Å²) in [4.78, 5) is 35.3. The van der Waals surface area contributed by atoms with Crippen molar-refractivity contribution in [3.05, 3.63) is 34.2 Å². The molecule has 20 heavy (non-hydrogen) atoms. The van der Waals surface area contributed by atoms with Crippen LogP contribution in [0.4, 0.5) is 0 Å². The van der Waals surface area contributed by atoms with E-state index < -0.39 is 17.9 Å². The predicted octanol–water partition coefficient (Wildman–Crippen LogP) is 0.703. The zero-order chi connectivity index (χ0) is 15.3. The monoisotopic (exact) mass is 280 g/mol. The molecule has 0 aliphatic rings. The number of pyridine rings is 1. The van der Waals surface area contributed by atoms with Gasteiger partial charge in [-0.1, -0.05) is 20.3 Å². The minimum Gasteiger partial charge on any atom is -0.467 e. The molecule has 1 N–H and O–H groups in total. The van der Waals surface area contributed by atoms with Gasteiger partial charge in [0.1, 0.15) is 6.04 Å². The number of methoxy groups -OCH3 is 1. The van der Waals surface area contributed by atoms with E-state index >= 15 is 0 Å². The molecule has 0 radical (unpaired) electrons. The molecule has 1 heterocycles. The maximum Gasteiger partial charge on any atom is 0.328 e. The maximum absolute atomic E-state index is 12.1. The lowest BCUT2D eigenvalue weighted by Gasteiger charge is -2.21. The molecule has 1 rings (SSSR count). The average molecular weight is 280 g/mol. The molecule has 0 saturated heterocycles. The number of hydrogen-bond acceptors (Lipinski definition) is 4. The Morgan fingerprint density at radius 2 is 2.10 bits per heavy atom. The van der Waals surface area contributed by atoms with Crippen molar-refractivity contribution in [2.75, 3.05) is 7.11 Å². The number of rotatable bonds is 5. The molecular weight excluding hydrogens is 260 g/mol. The molecular formula is C14H20N2O4. The van der Waals surface area contributed by atoms with Gasteiger partial charge in [-0.15, -0.1) is 0 Å². The molecule has 0 saturated carbocycles. The lowest BCUT2D eigenvalue weighted by atomic mass is 9.99. The second-order valence-electron chi connectivity index (χ2n) is 4.72. The van der Waals surface area contributed by atoms with Gasteiger partial charge in [-0.05, 0) is 12.0 Å². The molecule has 6 nitrogen and oxygen atoms in total. The highest BCUT2D eigenvalue weighted by atomic mass is 16.5. The number of esters is 1. The highest BCUT2D eigenvalue weighted by molar-refractivity contribution is 5.96.